The van der Waals surface area contributed by atoms with E-state index in [1.54, 1.807) is 6.20 Å². The maximum absolute atomic E-state index is 4.21. The van der Waals surface area contributed by atoms with Gasteiger partial charge in [-0.2, -0.15) is 0 Å². The summed E-state index contributed by atoms with van der Waals surface area (Å²) in [5.41, 5.74) is 0.821. The van der Waals surface area contributed by atoms with Crippen LogP contribution in [0.3, 0.4) is 0 Å². The standard InChI is InChI=1S/C9H10N4S/c1-2-13-8(11-12-9(13)14)7-5-3-4-6-10-7/h3-6H,2H2,1H3,(H,12,14). The van der Waals surface area contributed by atoms with Crippen molar-refractivity contribution in [2.45, 2.75) is 18.6 Å². The molecule has 0 saturated heterocycles. The molecule has 0 unspecified atom stereocenters. The quantitative estimate of drug-likeness (QED) is 0.760. The van der Waals surface area contributed by atoms with E-state index in [2.05, 4.69) is 27.8 Å². The molecule has 5 heteroatoms. The molecule has 0 aliphatic rings. The van der Waals surface area contributed by atoms with Gasteiger partial charge in [-0.1, -0.05) is 6.07 Å². The zero-order chi connectivity index (χ0) is 9.97. The van der Waals surface area contributed by atoms with Crippen molar-refractivity contribution in [1.29, 1.82) is 0 Å². The van der Waals surface area contributed by atoms with E-state index in [9.17, 15) is 0 Å². The SMILES string of the molecule is CCn1c(S)nnc1-c1ccccn1. The number of hydrogen-bond donors (Lipinski definition) is 1. The highest BCUT2D eigenvalue weighted by atomic mass is 32.1. The maximum atomic E-state index is 4.21. The Morgan fingerprint density at radius 2 is 2.21 bits per heavy atom. The first-order valence-corrected chi connectivity index (χ1v) is 4.81. The van der Waals surface area contributed by atoms with Crippen LogP contribution in [0.5, 0.6) is 0 Å². The van der Waals surface area contributed by atoms with Gasteiger partial charge in [-0.3, -0.25) is 4.98 Å². The zero-order valence-electron chi connectivity index (χ0n) is 7.75. The van der Waals surface area contributed by atoms with Gasteiger partial charge in [0.1, 0.15) is 5.69 Å². The van der Waals surface area contributed by atoms with Crippen LogP contribution in [-0.4, -0.2) is 19.7 Å². The molecule has 0 fully saturated rings. The summed E-state index contributed by atoms with van der Waals surface area (Å²) >= 11 is 4.21. The Hall–Kier alpha value is -1.36. The van der Waals surface area contributed by atoms with E-state index in [0.29, 0.717) is 5.16 Å². The topological polar surface area (TPSA) is 43.6 Å². The van der Waals surface area contributed by atoms with Crippen LogP contribution < -0.4 is 0 Å². The lowest BCUT2D eigenvalue weighted by Gasteiger charge is -2.02. The summed E-state index contributed by atoms with van der Waals surface area (Å²) in [6, 6.07) is 5.70. The van der Waals surface area contributed by atoms with Gasteiger partial charge in [0.2, 0.25) is 0 Å². The molecule has 0 radical (unpaired) electrons. The van der Waals surface area contributed by atoms with Crippen molar-refractivity contribution >= 4 is 12.6 Å². The van der Waals surface area contributed by atoms with Crippen molar-refractivity contribution in [1.82, 2.24) is 19.7 Å². The van der Waals surface area contributed by atoms with E-state index in [1.165, 1.54) is 0 Å². The van der Waals surface area contributed by atoms with Gasteiger partial charge in [-0.05, 0) is 19.1 Å². The number of aromatic nitrogens is 4. The molecule has 0 aliphatic carbocycles. The van der Waals surface area contributed by atoms with E-state index < -0.39 is 0 Å². The average Bonchev–Trinajstić information content (AvgIpc) is 2.61. The number of rotatable bonds is 2. The van der Waals surface area contributed by atoms with E-state index in [-0.39, 0.29) is 0 Å². The minimum atomic E-state index is 0.619. The predicted octanol–water partition coefficient (Wildman–Crippen LogP) is 1.65. The molecule has 0 aromatic carbocycles. The van der Waals surface area contributed by atoms with Gasteiger partial charge in [0.15, 0.2) is 11.0 Å². The first kappa shape index (κ1) is 9.21. The van der Waals surface area contributed by atoms with E-state index in [4.69, 9.17) is 0 Å². The van der Waals surface area contributed by atoms with Crippen LogP contribution in [0.25, 0.3) is 11.5 Å². The Bertz CT molecular complexity index is 424. The van der Waals surface area contributed by atoms with Crippen molar-refractivity contribution in [2.24, 2.45) is 0 Å². The molecule has 0 spiro atoms. The minimum absolute atomic E-state index is 0.619. The summed E-state index contributed by atoms with van der Waals surface area (Å²) in [7, 11) is 0. The molecule has 2 heterocycles. The third kappa shape index (κ3) is 1.50. The lowest BCUT2D eigenvalue weighted by Crippen LogP contribution is -1.99. The largest absolute Gasteiger partial charge is 0.301 e. The van der Waals surface area contributed by atoms with Crippen LogP contribution in [0.15, 0.2) is 29.6 Å². The van der Waals surface area contributed by atoms with Gasteiger partial charge in [0, 0.05) is 12.7 Å². The fourth-order valence-corrected chi connectivity index (χ4v) is 1.55. The normalized spacial score (nSPS) is 10.4. The van der Waals surface area contributed by atoms with Crippen LogP contribution in [0.1, 0.15) is 6.92 Å². The van der Waals surface area contributed by atoms with Crippen LogP contribution in [0, 0.1) is 0 Å². The summed E-state index contributed by atoms with van der Waals surface area (Å²) in [5.74, 6) is 0.762. The molecule has 14 heavy (non-hydrogen) atoms. The summed E-state index contributed by atoms with van der Waals surface area (Å²) in [5, 5.41) is 8.55. The monoisotopic (exact) mass is 206 g/mol. The average molecular weight is 206 g/mol. The number of hydrogen-bond acceptors (Lipinski definition) is 4. The molecule has 0 bridgehead atoms. The van der Waals surface area contributed by atoms with Crippen LogP contribution in [-0.2, 0) is 6.54 Å². The summed E-state index contributed by atoms with van der Waals surface area (Å²) in [4.78, 5) is 4.21. The highest BCUT2D eigenvalue weighted by Crippen LogP contribution is 2.16. The molecular formula is C9H10N4S. The summed E-state index contributed by atoms with van der Waals surface area (Å²) < 4.78 is 1.91. The number of pyridine rings is 1. The Kier molecular flexibility index (Phi) is 2.49. The molecule has 0 amide bonds. The van der Waals surface area contributed by atoms with Gasteiger partial charge in [0.25, 0.3) is 0 Å². The Balaban J connectivity index is 2.52. The van der Waals surface area contributed by atoms with E-state index in [1.807, 2.05) is 29.7 Å². The molecule has 72 valence electrons. The molecule has 0 aliphatic heterocycles. The first-order chi connectivity index (χ1) is 6.83. The fraction of sp³-hybridized carbons (Fsp3) is 0.222. The number of nitrogens with zero attached hydrogens (tertiary/aromatic N) is 4. The second kappa shape index (κ2) is 3.79. The lowest BCUT2D eigenvalue weighted by molar-refractivity contribution is 0.688. The third-order valence-electron chi connectivity index (χ3n) is 1.94. The lowest BCUT2D eigenvalue weighted by atomic mass is 10.3. The van der Waals surface area contributed by atoms with E-state index >= 15 is 0 Å². The second-order valence-corrected chi connectivity index (χ2v) is 3.18. The van der Waals surface area contributed by atoms with Crippen molar-refractivity contribution in [3.63, 3.8) is 0 Å². The first-order valence-electron chi connectivity index (χ1n) is 4.36. The molecule has 4 nitrogen and oxygen atoms in total. The Morgan fingerprint density at radius 3 is 2.86 bits per heavy atom. The van der Waals surface area contributed by atoms with Gasteiger partial charge < -0.3 is 4.57 Å². The van der Waals surface area contributed by atoms with Gasteiger partial charge >= 0.3 is 0 Å². The number of thiol groups is 1. The fourth-order valence-electron chi connectivity index (χ4n) is 1.27. The molecular weight excluding hydrogens is 196 g/mol. The Labute approximate surface area is 87.4 Å². The van der Waals surface area contributed by atoms with Crippen molar-refractivity contribution in [2.75, 3.05) is 0 Å². The van der Waals surface area contributed by atoms with Crippen molar-refractivity contribution in [3.8, 4) is 11.5 Å². The molecule has 0 atom stereocenters. The third-order valence-corrected chi connectivity index (χ3v) is 2.27. The van der Waals surface area contributed by atoms with Crippen LogP contribution in [0.2, 0.25) is 0 Å². The minimum Gasteiger partial charge on any atom is -0.301 e. The molecule has 2 aromatic heterocycles. The van der Waals surface area contributed by atoms with Crippen LogP contribution in [0.4, 0.5) is 0 Å². The molecule has 0 saturated carbocycles. The smallest absolute Gasteiger partial charge is 0.188 e. The molecule has 0 N–H and O–H groups in total. The maximum Gasteiger partial charge on any atom is 0.188 e. The van der Waals surface area contributed by atoms with Crippen LogP contribution >= 0.6 is 12.6 Å². The second-order valence-electron chi connectivity index (χ2n) is 2.78. The van der Waals surface area contributed by atoms with Crippen molar-refractivity contribution in [3.05, 3.63) is 24.4 Å². The molecule has 2 aromatic rings. The van der Waals surface area contributed by atoms with Gasteiger partial charge in [0.05, 0.1) is 0 Å². The van der Waals surface area contributed by atoms with Gasteiger partial charge in [-0.15, -0.1) is 22.8 Å². The van der Waals surface area contributed by atoms with Crippen molar-refractivity contribution < 1.29 is 0 Å². The summed E-state index contributed by atoms with van der Waals surface area (Å²) in [6.07, 6.45) is 1.74. The zero-order valence-corrected chi connectivity index (χ0v) is 8.65. The summed E-state index contributed by atoms with van der Waals surface area (Å²) in [6.45, 7) is 2.81. The molecule has 2 rings (SSSR count). The predicted molar refractivity (Wildman–Crippen MR) is 56.2 cm³/mol. The highest BCUT2D eigenvalue weighted by molar-refractivity contribution is 7.80. The highest BCUT2D eigenvalue weighted by Gasteiger charge is 2.09. The Morgan fingerprint density at radius 1 is 1.36 bits per heavy atom. The van der Waals surface area contributed by atoms with E-state index in [0.717, 1.165) is 18.1 Å². The van der Waals surface area contributed by atoms with Gasteiger partial charge in [-0.25, -0.2) is 0 Å².